The first-order valence-electron chi connectivity index (χ1n) is 18.6. The second-order valence-corrected chi connectivity index (χ2v) is 14.1. The molecular weight excluding hydrogens is 826 g/mol. The van der Waals surface area contributed by atoms with Crippen LogP contribution in [-0.2, 0) is 42.3 Å². The van der Waals surface area contributed by atoms with E-state index >= 15 is 0 Å². The molecule has 0 radical (unpaired) electrons. The van der Waals surface area contributed by atoms with E-state index in [2.05, 4.69) is 41.2 Å². The number of aliphatic carboxylic acids is 1. The summed E-state index contributed by atoms with van der Waals surface area (Å²) < 4.78 is 57.5. The second-order valence-electron chi connectivity index (χ2n) is 12.9. The number of carbonyl (C=O) groups excluding carboxylic acids is 3. The Hall–Kier alpha value is -6.54. The van der Waals surface area contributed by atoms with Gasteiger partial charge in [-0.1, -0.05) is 12.1 Å². The van der Waals surface area contributed by atoms with Crippen LogP contribution in [0.15, 0.2) is 77.7 Å². The number of amides is 3. The summed E-state index contributed by atoms with van der Waals surface area (Å²) in [5.74, 6) is -4.07. The Morgan fingerprint density at radius 2 is 1.59 bits per heavy atom. The Labute approximate surface area is 346 Å². The maximum Gasteiger partial charge on any atom is 0.416 e. The highest BCUT2D eigenvalue weighted by Crippen LogP contribution is 2.39. The molecule has 0 bridgehead atoms. The summed E-state index contributed by atoms with van der Waals surface area (Å²) in [5, 5.41) is 20.1. The minimum Gasteiger partial charge on any atom is -0.480 e. The lowest BCUT2D eigenvalue weighted by atomic mass is 10.1. The summed E-state index contributed by atoms with van der Waals surface area (Å²) in [7, 11) is -1.47. The van der Waals surface area contributed by atoms with Gasteiger partial charge in [-0.3, -0.25) is 24.2 Å². The zero-order valence-corrected chi connectivity index (χ0v) is 33.6. The largest absolute Gasteiger partial charge is 0.480 e. The maximum atomic E-state index is 13.7. The zero-order chi connectivity index (χ0) is 44.1. The van der Waals surface area contributed by atoms with E-state index in [4.69, 9.17) is 19.3 Å². The summed E-state index contributed by atoms with van der Waals surface area (Å²) in [5.41, 5.74) is 5.39. The van der Waals surface area contributed by atoms with Crippen LogP contribution >= 0.6 is 8.60 Å². The first-order valence-corrected chi connectivity index (χ1v) is 19.7. The number of carbonyl (C=O) groups is 4. The summed E-state index contributed by atoms with van der Waals surface area (Å²) in [6.07, 6.45) is -3.88. The van der Waals surface area contributed by atoms with E-state index in [1.54, 1.807) is 36.4 Å². The Morgan fingerprint density at radius 1 is 0.902 bits per heavy atom. The third-order valence-electron chi connectivity index (χ3n) is 8.50. The molecule has 0 spiro atoms. The normalized spacial score (nSPS) is 11.9. The van der Waals surface area contributed by atoms with Crippen molar-refractivity contribution in [3.63, 3.8) is 0 Å². The van der Waals surface area contributed by atoms with E-state index in [0.29, 0.717) is 55.4 Å². The fourth-order valence-corrected chi connectivity index (χ4v) is 6.40. The van der Waals surface area contributed by atoms with Gasteiger partial charge in [0.1, 0.15) is 6.04 Å². The molecule has 0 aliphatic rings. The summed E-state index contributed by atoms with van der Waals surface area (Å²) >= 11 is 0. The second kappa shape index (κ2) is 21.1. The van der Waals surface area contributed by atoms with Gasteiger partial charge < -0.3 is 45.7 Å². The molecule has 3 aromatic carbocycles. The van der Waals surface area contributed by atoms with Crippen molar-refractivity contribution in [2.24, 2.45) is 0 Å². The molecule has 1 atom stereocenters. The first-order chi connectivity index (χ1) is 29.1. The van der Waals surface area contributed by atoms with Crippen LogP contribution in [-0.4, -0.2) is 74.6 Å². The molecule has 61 heavy (non-hydrogen) atoms. The van der Waals surface area contributed by atoms with Crippen LogP contribution < -0.4 is 32.6 Å². The number of carboxylic acid groups (broad SMARTS) is 1. The molecule has 5 aromatic rings. The number of nitrogens with zero attached hydrogens (tertiary/aromatic N) is 3. The molecular formula is C39H41F3N9O9P. The number of halogens is 3. The zero-order valence-electron chi connectivity index (χ0n) is 32.7. The highest BCUT2D eigenvalue weighted by atomic mass is 31.2. The van der Waals surface area contributed by atoms with Crippen molar-refractivity contribution in [1.82, 2.24) is 25.3 Å². The van der Waals surface area contributed by atoms with E-state index in [9.17, 15) is 42.3 Å². The van der Waals surface area contributed by atoms with E-state index in [1.165, 1.54) is 18.3 Å². The monoisotopic (exact) mass is 867 g/mol. The lowest BCUT2D eigenvalue weighted by Gasteiger charge is -2.17. The number of carboxylic acids is 1. The van der Waals surface area contributed by atoms with Gasteiger partial charge in [0.25, 0.3) is 17.4 Å². The third kappa shape index (κ3) is 13.2. The Kier molecular flexibility index (Phi) is 15.8. The Morgan fingerprint density at radius 3 is 2.25 bits per heavy atom. The lowest BCUT2D eigenvalue weighted by Crippen LogP contribution is -2.41. The number of anilines is 4. The van der Waals surface area contributed by atoms with Gasteiger partial charge in [-0.2, -0.15) is 18.2 Å². The van der Waals surface area contributed by atoms with Crippen molar-refractivity contribution in [2.45, 2.75) is 51.9 Å². The van der Waals surface area contributed by atoms with Crippen molar-refractivity contribution < 1.29 is 51.0 Å². The van der Waals surface area contributed by atoms with Crippen LogP contribution in [0.5, 0.6) is 0 Å². The predicted molar refractivity (Wildman–Crippen MR) is 219 cm³/mol. The first kappa shape index (κ1) is 45.5. The van der Waals surface area contributed by atoms with Crippen LogP contribution in [0.2, 0.25) is 0 Å². The molecule has 322 valence electrons. The van der Waals surface area contributed by atoms with Gasteiger partial charge in [0.05, 0.1) is 55.1 Å². The van der Waals surface area contributed by atoms with Crippen LogP contribution in [0.25, 0.3) is 11.2 Å². The summed E-state index contributed by atoms with van der Waals surface area (Å²) in [6, 6.07) is 13.2. The predicted octanol–water partition coefficient (Wildman–Crippen LogP) is 5.64. The SMILES string of the molecule is CCOP(OCC)OCCc1ccc(NC(=O)c2ccc(C(F)(F)F)cc2NC(=O)CC[C@H](NC(=O)c2ccc(NCc3cnc4nc(N)[nH]c(=O)c4n3)cc2)C(=O)O)cc1. The summed E-state index contributed by atoms with van der Waals surface area (Å²) in [4.78, 5) is 78.1. The maximum absolute atomic E-state index is 13.7. The highest BCUT2D eigenvalue weighted by molar-refractivity contribution is 7.41. The number of nitrogens with one attached hydrogen (secondary N) is 5. The molecule has 0 unspecified atom stereocenters. The molecule has 2 heterocycles. The fourth-order valence-electron chi connectivity index (χ4n) is 5.51. The number of aromatic nitrogens is 4. The summed E-state index contributed by atoms with van der Waals surface area (Å²) in [6.45, 7) is 4.97. The molecule has 18 nitrogen and oxygen atoms in total. The minimum atomic E-state index is -4.81. The van der Waals surface area contributed by atoms with Gasteiger partial charge in [0.15, 0.2) is 11.2 Å². The number of hydrogen-bond acceptors (Lipinski definition) is 13. The van der Waals surface area contributed by atoms with E-state index < -0.39 is 74.2 Å². The van der Waals surface area contributed by atoms with Gasteiger partial charge in [0, 0.05) is 23.4 Å². The smallest absolute Gasteiger partial charge is 0.416 e. The average Bonchev–Trinajstić information content (AvgIpc) is 3.22. The van der Waals surface area contributed by atoms with Gasteiger partial charge in [-0.15, -0.1) is 0 Å². The standard InChI is InChI=1S/C39H41F3N9O9P/c1-3-58-61(59-4-2)60-18-17-22-5-10-26(11-6-22)47-35(54)28-14-9-24(39(40,41)42)19-30(28)48-31(52)16-15-29(37(56)57)49-34(53)23-7-12-25(13-8-23)44-20-27-21-45-33-32(46-27)36(55)51-38(43)50-33/h5-14,19,21,29,44H,3-4,15-18,20H2,1-2H3,(H,47,54)(H,48,52)(H,49,53)(H,56,57)(H3,43,45,50,51,55)/t29-/m0/s1. The third-order valence-corrected chi connectivity index (χ3v) is 9.84. The van der Waals surface area contributed by atoms with Crippen LogP contribution in [0.4, 0.5) is 36.2 Å². The molecule has 0 saturated carbocycles. The van der Waals surface area contributed by atoms with E-state index in [1.807, 2.05) is 13.8 Å². The molecule has 3 amide bonds. The van der Waals surface area contributed by atoms with Gasteiger partial charge in [-0.05, 0) is 86.8 Å². The Bertz CT molecular complexity index is 2400. The van der Waals surface area contributed by atoms with Gasteiger partial charge in [-0.25, -0.2) is 14.8 Å². The number of nitrogens with two attached hydrogens (primary N) is 1. The number of nitrogen functional groups attached to an aromatic ring is 1. The van der Waals surface area contributed by atoms with Crippen molar-refractivity contribution >= 4 is 66.5 Å². The van der Waals surface area contributed by atoms with E-state index in [-0.39, 0.29) is 34.8 Å². The molecule has 8 N–H and O–H groups in total. The minimum absolute atomic E-state index is 0.00171. The van der Waals surface area contributed by atoms with E-state index in [0.717, 1.165) is 11.6 Å². The topological polar surface area (TPSA) is 262 Å². The number of aromatic amines is 1. The van der Waals surface area contributed by atoms with Crippen LogP contribution in [0, 0.1) is 0 Å². The molecule has 0 aliphatic carbocycles. The number of H-pyrrole nitrogens is 1. The fraction of sp³-hybridized carbons (Fsp3) is 0.282. The molecule has 5 rings (SSSR count). The molecule has 0 fully saturated rings. The van der Waals surface area contributed by atoms with Gasteiger partial charge in [0.2, 0.25) is 11.9 Å². The number of rotatable bonds is 20. The van der Waals surface area contributed by atoms with Crippen molar-refractivity contribution in [3.05, 3.63) is 111 Å². The molecule has 2 aromatic heterocycles. The molecule has 0 saturated heterocycles. The molecule has 0 aliphatic heterocycles. The average molecular weight is 868 g/mol. The van der Waals surface area contributed by atoms with Crippen molar-refractivity contribution in [1.29, 1.82) is 0 Å². The quantitative estimate of drug-likeness (QED) is 0.0467. The number of hydrogen-bond donors (Lipinski definition) is 7. The van der Waals surface area contributed by atoms with Crippen molar-refractivity contribution in [3.8, 4) is 0 Å². The highest BCUT2D eigenvalue weighted by Gasteiger charge is 2.32. The van der Waals surface area contributed by atoms with Crippen LogP contribution in [0.1, 0.15) is 64.2 Å². The lowest BCUT2D eigenvalue weighted by molar-refractivity contribution is -0.139. The number of benzene rings is 3. The van der Waals surface area contributed by atoms with Gasteiger partial charge >= 0.3 is 20.7 Å². The molecule has 22 heteroatoms. The van der Waals surface area contributed by atoms with Crippen molar-refractivity contribution in [2.75, 3.05) is 41.5 Å². The number of alkyl halides is 3. The Balaban J connectivity index is 1.16. The van der Waals surface area contributed by atoms with Crippen LogP contribution in [0.3, 0.4) is 0 Å². The number of fused-ring (bicyclic) bond motifs is 1.